The van der Waals surface area contributed by atoms with Crippen molar-refractivity contribution >= 4 is 15.9 Å². The number of hydrogen-bond acceptors (Lipinski definition) is 1. The van der Waals surface area contributed by atoms with E-state index in [0.29, 0.717) is 5.75 Å². The Morgan fingerprint density at radius 2 is 1.71 bits per heavy atom. The first-order chi connectivity index (χ1) is 8.01. The Balaban J connectivity index is 2.40. The van der Waals surface area contributed by atoms with Crippen LogP contribution in [0.4, 0.5) is 0 Å². The molecule has 0 aliphatic heterocycles. The molecule has 0 saturated carbocycles. The van der Waals surface area contributed by atoms with Crippen LogP contribution in [0.5, 0.6) is 5.75 Å². The second kappa shape index (κ2) is 3.36. The fraction of sp³-hybridized carbons (Fsp3) is 0.200. The molecule has 2 aromatic rings. The van der Waals surface area contributed by atoms with E-state index in [2.05, 4.69) is 54.0 Å². The lowest BCUT2D eigenvalue weighted by atomic mass is 9.82. The molecule has 17 heavy (non-hydrogen) atoms. The molecule has 86 valence electrons. The number of benzene rings is 2. The first-order valence-corrected chi connectivity index (χ1v) is 6.44. The van der Waals surface area contributed by atoms with E-state index in [9.17, 15) is 5.11 Å². The molecule has 2 heteroatoms. The van der Waals surface area contributed by atoms with Crippen molar-refractivity contribution < 1.29 is 5.11 Å². The van der Waals surface area contributed by atoms with E-state index in [1.54, 1.807) is 0 Å². The van der Waals surface area contributed by atoms with E-state index < -0.39 is 0 Å². The third-order valence-electron chi connectivity index (χ3n) is 3.65. The van der Waals surface area contributed by atoms with Gasteiger partial charge in [0.1, 0.15) is 5.75 Å². The van der Waals surface area contributed by atoms with Gasteiger partial charge in [-0.3, -0.25) is 0 Å². The molecule has 0 spiro atoms. The van der Waals surface area contributed by atoms with Gasteiger partial charge in [-0.25, -0.2) is 0 Å². The quantitative estimate of drug-likeness (QED) is 0.759. The van der Waals surface area contributed by atoms with Gasteiger partial charge in [0.05, 0.1) is 4.47 Å². The van der Waals surface area contributed by atoms with Crippen molar-refractivity contribution in [3.63, 3.8) is 0 Å². The summed E-state index contributed by atoms with van der Waals surface area (Å²) in [5.41, 5.74) is 4.97. The van der Waals surface area contributed by atoms with E-state index in [1.165, 1.54) is 22.3 Å². The van der Waals surface area contributed by atoms with Gasteiger partial charge in [-0.2, -0.15) is 0 Å². The SMILES string of the molecule is CC1(C)c2ccccc2-c2cc(Br)c(O)cc21. The van der Waals surface area contributed by atoms with Crippen LogP contribution in [-0.2, 0) is 5.41 Å². The minimum atomic E-state index is -0.0376. The molecule has 3 rings (SSSR count). The first-order valence-electron chi connectivity index (χ1n) is 5.64. The van der Waals surface area contributed by atoms with E-state index >= 15 is 0 Å². The minimum Gasteiger partial charge on any atom is -0.507 e. The molecule has 0 unspecified atom stereocenters. The fourth-order valence-corrected chi connectivity index (χ4v) is 3.05. The van der Waals surface area contributed by atoms with Crippen molar-refractivity contribution in [1.29, 1.82) is 0 Å². The maximum atomic E-state index is 9.85. The second-order valence-corrected chi connectivity index (χ2v) is 5.87. The highest BCUT2D eigenvalue weighted by atomic mass is 79.9. The van der Waals surface area contributed by atoms with Crippen LogP contribution in [0, 0.1) is 0 Å². The maximum Gasteiger partial charge on any atom is 0.130 e. The summed E-state index contributed by atoms with van der Waals surface area (Å²) in [7, 11) is 0. The number of phenolic OH excluding ortho intramolecular Hbond substituents is 1. The highest BCUT2D eigenvalue weighted by Crippen LogP contribution is 2.50. The standard InChI is InChI=1S/C15H13BrO/c1-15(2)11-6-4-3-5-9(11)10-7-13(16)14(17)8-12(10)15/h3-8,17H,1-2H3. The molecule has 2 aromatic carbocycles. The number of rotatable bonds is 0. The van der Waals surface area contributed by atoms with Crippen LogP contribution in [0.1, 0.15) is 25.0 Å². The van der Waals surface area contributed by atoms with Crippen molar-refractivity contribution in [2.75, 3.05) is 0 Å². The number of aromatic hydroxyl groups is 1. The Hall–Kier alpha value is -1.28. The van der Waals surface area contributed by atoms with Gasteiger partial charge in [0, 0.05) is 5.41 Å². The number of phenols is 1. The highest BCUT2D eigenvalue weighted by molar-refractivity contribution is 9.10. The molecule has 1 nitrogen and oxygen atoms in total. The van der Waals surface area contributed by atoms with Gasteiger partial charge < -0.3 is 5.11 Å². The Morgan fingerprint density at radius 1 is 1.00 bits per heavy atom. The number of hydrogen-bond donors (Lipinski definition) is 1. The predicted molar refractivity (Wildman–Crippen MR) is 73.4 cm³/mol. The van der Waals surface area contributed by atoms with Crippen molar-refractivity contribution in [3.8, 4) is 16.9 Å². The molecule has 0 fully saturated rings. The van der Waals surface area contributed by atoms with Gasteiger partial charge in [-0.05, 0) is 50.3 Å². The zero-order valence-electron chi connectivity index (χ0n) is 9.79. The topological polar surface area (TPSA) is 20.2 Å². The van der Waals surface area contributed by atoms with Gasteiger partial charge in [0.2, 0.25) is 0 Å². The average Bonchev–Trinajstić information content (AvgIpc) is 2.51. The van der Waals surface area contributed by atoms with Gasteiger partial charge >= 0.3 is 0 Å². The Bertz CT molecular complexity index is 614. The third kappa shape index (κ3) is 1.37. The van der Waals surface area contributed by atoms with E-state index in [-0.39, 0.29) is 5.41 Å². The first kappa shape index (κ1) is 10.8. The molecule has 0 radical (unpaired) electrons. The summed E-state index contributed by atoms with van der Waals surface area (Å²) in [5.74, 6) is 0.310. The summed E-state index contributed by atoms with van der Waals surface area (Å²) in [6.07, 6.45) is 0. The molecule has 1 aliphatic rings. The molecule has 1 aliphatic carbocycles. The van der Waals surface area contributed by atoms with Crippen molar-refractivity contribution in [2.24, 2.45) is 0 Å². The van der Waals surface area contributed by atoms with Crippen LogP contribution in [0.3, 0.4) is 0 Å². The molecule has 0 atom stereocenters. The second-order valence-electron chi connectivity index (χ2n) is 5.02. The monoisotopic (exact) mass is 288 g/mol. The highest BCUT2D eigenvalue weighted by Gasteiger charge is 2.35. The minimum absolute atomic E-state index is 0.0376. The predicted octanol–water partition coefficient (Wildman–Crippen LogP) is 4.46. The van der Waals surface area contributed by atoms with Crippen LogP contribution < -0.4 is 0 Å². The molecule has 1 N–H and O–H groups in total. The van der Waals surface area contributed by atoms with Crippen LogP contribution in [-0.4, -0.2) is 5.11 Å². The Labute approximate surface area is 109 Å². The summed E-state index contributed by atoms with van der Waals surface area (Å²) < 4.78 is 0.753. The summed E-state index contributed by atoms with van der Waals surface area (Å²) in [6.45, 7) is 4.40. The molecule has 0 amide bonds. The van der Waals surface area contributed by atoms with Crippen LogP contribution in [0.2, 0.25) is 0 Å². The van der Waals surface area contributed by atoms with Crippen molar-refractivity contribution in [1.82, 2.24) is 0 Å². The van der Waals surface area contributed by atoms with E-state index in [1.807, 2.05) is 12.1 Å². The van der Waals surface area contributed by atoms with Crippen LogP contribution >= 0.6 is 15.9 Å². The molecule has 0 heterocycles. The maximum absolute atomic E-state index is 9.85. The lowest BCUT2D eigenvalue weighted by Crippen LogP contribution is -2.14. The average molecular weight is 289 g/mol. The van der Waals surface area contributed by atoms with Gasteiger partial charge in [0.15, 0.2) is 0 Å². The summed E-state index contributed by atoms with van der Waals surface area (Å²) in [4.78, 5) is 0. The largest absolute Gasteiger partial charge is 0.507 e. The molecule has 0 bridgehead atoms. The Kier molecular flexibility index (Phi) is 2.14. The smallest absolute Gasteiger partial charge is 0.130 e. The Morgan fingerprint density at radius 3 is 2.47 bits per heavy atom. The molecule has 0 saturated heterocycles. The lowest BCUT2D eigenvalue weighted by Gasteiger charge is -2.21. The molecular weight excluding hydrogens is 276 g/mol. The van der Waals surface area contributed by atoms with Crippen molar-refractivity contribution in [2.45, 2.75) is 19.3 Å². The summed E-state index contributed by atoms with van der Waals surface area (Å²) in [6, 6.07) is 12.3. The van der Waals surface area contributed by atoms with Gasteiger partial charge in [-0.15, -0.1) is 0 Å². The lowest BCUT2D eigenvalue weighted by molar-refractivity contribution is 0.469. The summed E-state index contributed by atoms with van der Waals surface area (Å²) >= 11 is 3.39. The third-order valence-corrected chi connectivity index (χ3v) is 4.29. The zero-order valence-corrected chi connectivity index (χ0v) is 11.4. The van der Waals surface area contributed by atoms with Crippen LogP contribution in [0.25, 0.3) is 11.1 Å². The van der Waals surface area contributed by atoms with Crippen LogP contribution in [0.15, 0.2) is 40.9 Å². The fourth-order valence-electron chi connectivity index (χ4n) is 2.71. The number of fused-ring (bicyclic) bond motifs is 3. The van der Waals surface area contributed by atoms with Crippen molar-refractivity contribution in [3.05, 3.63) is 52.0 Å². The normalized spacial score (nSPS) is 15.5. The van der Waals surface area contributed by atoms with E-state index in [4.69, 9.17) is 0 Å². The number of halogens is 1. The molecular formula is C15H13BrO. The van der Waals surface area contributed by atoms with Gasteiger partial charge in [-0.1, -0.05) is 38.1 Å². The van der Waals surface area contributed by atoms with E-state index in [0.717, 1.165) is 4.47 Å². The molecule has 0 aromatic heterocycles. The van der Waals surface area contributed by atoms with Gasteiger partial charge in [0.25, 0.3) is 0 Å². The zero-order chi connectivity index (χ0) is 12.2. The summed E-state index contributed by atoms with van der Waals surface area (Å²) in [5, 5.41) is 9.85.